The fourth-order valence-electron chi connectivity index (χ4n) is 2.89. The lowest BCUT2D eigenvalue weighted by Crippen LogP contribution is -2.41. The second-order valence-electron chi connectivity index (χ2n) is 7.25. The second-order valence-corrected chi connectivity index (χ2v) is 7.25. The summed E-state index contributed by atoms with van der Waals surface area (Å²) in [6.45, 7) is 10.1. The van der Waals surface area contributed by atoms with Crippen LogP contribution in [-0.2, 0) is 9.31 Å². The van der Waals surface area contributed by atoms with Gasteiger partial charge in [0.05, 0.1) is 22.0 Å². The number of benzene rings is 2. The van der Waals surface area contributed by atoms with Crippen molar-refractivity contribution in [2.45, 2.75) is 45.7 Å². The van der Waals surface area contributed by atoms with Crippen LogP contribution >= 0.6 is 0 Å². The van der Waals surface area contributed by atoms with Crippen LogP contribution in [0.5, 0.6) is 0 Å². The number of hydrogen-bond donors (Lipinski definition) is 0. The van der Waals surface area contributed by atoms with E-state index in [2.05, 4.69) is 27.7 Å². The van der Waals surface area contributed by atoms with E-state index >= 15 is 0 Å². The summed E-state index contributed by atoms with van der Waals surface area (Å²) in [5.74, 6) is 0. The average molecular weight is 338 g/mol. The van der Waals surface area contributed by atoms with Crippen LogP contribution < -0.4 is 5.43 Å². The number of para-hydroxylation sites is 2. The van der Waals surface area contributed by atoms with Crippen molar-refractivity contribution in [1.29, 1.82) is 0 Å². The maximum atomic E-state index is 12.0. The summed E-state index contributed by atoms with van der Waals surface area (Å²) in [7, 11) is -0.0648. The summed E-state index contributed by atoms with van der Waals surface area (Å²) >= 11 is 0. The van der Waals surface area contributed by atoms with Gasteiger partial charge in [0.1, 0.15) is 11.2 Å². The monoisotopic (exact) mass is 338 g/mol. The maximum absolute atomic E-state index is 12.0. The van der Waals surface area contributed by atoms with Crippen molar-refractivity contribution in [1.82, 2.24) is 0 Å². The van der Waals surface area contributed by atoms with Crippen molar-refractivity contribution in [3.63, 3.8) is 0 Å². The molecule has 3 aromatic rings. The molecule has 0 aliphatic carbocycles. The van der Waals surface area contributed by atoms with E-state index in [0.29, 0.717) is 21.9 Å². The lowest BCUT2D eigenvalue weighted by atomic mass is 9.90. The first kappa shape index (κ1) is 17.7. The molecule has 25 heavy (non-hydrogen) atoms. The Bertz CT molecular complexity index is 885. The van der Waals surface area contributed by atoms with Crippen LogP contribution in [0.4, 0.5) is 0 Å². The van der Waals surface area contributed by atoms with Gasteiger partial charge in [0.15, 0.2) is 0 Å². The van der Waals surface area contributed by atoms with Crippen molar-refractivity contribution in [3.8, 4) is 0 Å². The minimum Gasteiger partial charge on any atom is -0.456 e. The van der Waals surface area contributed by atoms with Gasteiger partial charge in [-0.05, 0) is 58.8 Å². The first-order valence-corrected chi connectivity index (χ1v) is 8.47. The molecule has 0 unspecified atom stereocenters. The molecule has 0 radical (unpaired) electrons. The second kappa shape index (κ2) is 6.32. The van der Waals surface area contributed by atoms with Gasteiger partial charge in [0.25, 0.3) is 0 Å². The molecule has 1 aromatic heterocycles. The minimum atomic E-state index is -0.160. The van der Waals surface area contributed by atoms with Gasteiger partial charge in [0, 0.05) is 0 Å². The third kappa shape index (κ3) is 3.35. The molecule has 1 saturated heterocycles. The normalized spacial score (nSPS) is 18.2. The van der Waals surface area contributed by atoms with Gasteiger partial charge >= 0.3 is 7.12 Å². The third-order valence-electron chi connectivity index (χ3n) is 4.85. The Morgan fingerprint density at radius 2 is 1.16 bits per heavy atom. The standard InChI is InChI=1S/C13H8O2.C7H15BO2/c14-13-9-5-1-3-7-11(9)15-12-8-4-2-6-10(12)13;1-6(2)7(3,4)10-8(5)9-6/h1-8H;1-5H3. The van der Waals surface area contributed by atoms with E-state index in [-0.39, 0.29) is 23.7 Å². The Morgan fingerprint density at radius 1 is 0.760 bits per heavy atom. The Hall–Kier alpha value is -2.11. The van der Waals surface area contributed by atoms with Crippen molar-refractivity contribution in [2.75, 3.05) is 0 Å². The molecule has 5 heteroatoms. The van der Waals surface area contributed by atoms with Gasteiger partial charge in [-0.1, -0.05) is 24.3 Å². The van der Waals surface area contributed by atoms with E-state index in [9.17, 15) is 4.79 Å². The number of rotatable bonds is 0. The van der Waals surface area contributed by atoms with E-state index in [4.69, 9.17) is 13.7 Å². The van der Waals surface area contributed by atoms with Gasteiger partial charge in [-0.15, -0.1) is 0 Å². The molecule has 4 nitrogen and oxygen atoms in total. The van der Waals surface area contributed by atoms with Crippen LogP contribution in [0.2, 0.25) is 6.82 Å². The van der Waals surface area contributed by atoms with E-state index in [1.165, 1.54) is 0 Å². The lowest BCUT2D eigenvalue weighted by molar-refractivity contribution is 0.00578. The summed E-state index contributed by atoms with van der Waals surface area (Å²) < 4.78 is 16.7. The topological polar surface area (TPSA) is 48.7 Å². The van der Waals surface area contributed by atoms with Crippen molar-refractivity contribution >= 4 is 29.1 Å². The molecule has 0 atom stereocenters. The van der Waals surface area contributed by atoms with E-state index in [1.54, 1.807) is 12.1 Å². The Labute approximate surface area is 147 Å². The Kier molecular flexibility index (Phi) is 4.48. The molecule has 0 spiro atoms. The van der Waals surface area contributed by atoms with Crippen LogP contribution in [0.3, 0.4) is 0 Å². The fraction of sp³-hybridized carbons (Fsp3) is 0.350. The van der Waals surface area contributed by atoms with Gasteiger partial charge in [-0.3, -0.25) is 4.79 Å². The van der Waals surface area contributed by atoms with Gasteiger partial charge in [-0.2, -0.15) is 0 Å². The van der Waals surface area contributed by atoms with Crippen molar-refractivity contribution in [2.24, 2.45) is 0 Å². The summed E-state index contributed by atoms with van der Waals surface area (Å²) in [5, 5.41) is 1.27. The zero-order valence-electron chi connectivity index (χ0n) is 15.3. The van der Waals surface area contributed by atoms with E-state index in [1.807, 2.05) is 43.2 Å². The highest BCUT2D eigenvalue weighted by atomic mass is 16.7. The molecular formula is C20H23BO4. The zero-order valence-corrected chi connectivity index (χ0v) is 15.3. The minimum absolute atomic E-state index is 0.0347. The molecule has 0 saturated carbocycles. The van der Waals surface area contributed by atoms with Gasteiger partial charge in [0.2, 0.25) is 5.43 Å². The summed E-state index contributed by atoms with van der Waals surface area (Å²) in [4.78, 5) is 12.0. The third-order valence-corrected chi connectivity index (χ3v) is 4.85. The first-order chi connectivity index (χ1) is 11.7. The zero-order chi connectivity index (χ0) is 18.2. The predicted molar refractivity (Wildman–Crippen MR) is 102 cm³/mol. The van der Waals surface area contributed by atoms with Crippen LogP contribution in [0.1, 0.15) is 27.7 Å². The SMILES string of the molecule is CB1OC(C)(C)C(C)(C)O1.O=c1c2ccccc2oc2ccccc12. The first-order valence-electron chi connectivity index (χ1n) is 8.47. The molecule has 0 amide bonds. The van der Waals surface area contributed by atoms with Crippen molar-refractivity contribution in [3.05, 3.63) is 58.8 Å². The van der Waals surface area contributed by atoms with Crippen LogP contribution in [0.25, 0.3) is 21.9 Å². The number of fused-ring (bicyclic) bond motifs is 2. The molecule has 1 aliphatic rings. The largest absolute Gasteiger partial charge is 0.456 e. The average Bonchev–Trinajstić information content (AvgIpc) is 2.73. The molecule has 130 valence electrons. The Balaban J connectivity index is 0.000000160. The molecule has 1 fully saturated rings. The molecule has 2 heterocycles. The fourth-order valence-corrected chi connectivity index (χ4v) is 2.89. The summed E-state index contributed by atoms with van der Waals surface area (Å²) in [5.41, 5.74) is 0.994. The van der Waals surface area contributed by atoms with Gasteiger partial charge < -0.3 is 13.7 Å². The molecular weight excluding hydrogens is 315 g/mol. The highest BCUT2D eigenvalue weighted by molar-refractivity contribution is 6.43. The molecule has 0 N–H and O–H groups in total. The van der Waals surface area contributed by atoms with Crippen LogP contribution in [-0.4, -0.2) is 18.3 Å². The van der Waals surface area contributed by atoms with Crippen LogP contribution in [0.15, 0.2) is 57.7 Å². The van der Waals surface area contributed by atoms with E-state index < -0.39 is 0 Å². The molecule has 0 bridgehead atoms. The highest BCUT2D eigenvalue weighted by Crippen LogP contribution is 2.36. The maximum Gasteiger partial charge on any atom is 0.454 e. The summed E-state index contributed by atoms with van der Waals surface area (Å²) in [6, 6.07) is 14.6. The lowest BCUT2D eigenvalue weighted by Gasteiger charge is -2.32. The smallest absolute Gasteiger partial charge is 0.454 e. The molecule has 2 aromatic carbocycles. The summed E-state index contributed by atoms with van der Waals surface area (Å²) in [6.07, 6.45) is 0. The highest BCUT2D eigenvalue weighted by Gasteiger charge is 2.48. The Morgan fingerprint density at radius 3 is 1.52 bits per heavy atom. The quantitative estimate of drug-likeness (QED) is 0.442. The van der Waals surface area contributed by atoms with Gasteiger partial charge in [-0.25, -0.2) is 0 Å². The predicted octanol–water partition coefficient (Wildman–Crippen LogP) is 4.65. The number of hydrogen-bond acceptors (Lipinski definition) is 4. The van der Waals surface area contributed by atoms with Crippen LogP contribution in [0, 0.1) is 0 Å². The van der Waals surface area contributed by atoms with E-state index in [0.717, 1.165) is 0 Å². The molecule has 1 aliphatic heterocycles. The molecule has 4 rings (SSSR count). The van der Waals surface area contributed by atoms with Crippen molar-refractivity contribution < 1.29 is 13.7 Å².